The van der Waals surface area contributed by atoms with Gasteiger partial charge >= 0.3 is 0 Å². The first-order valence-corrected chi connectivity index (χ1v) is 8.36. The van der Waals surface area contributed by atoms with Gasteiger partial charge in [-0.3, -0.25) is 4.79 Å². The molecular formula is C17H23N5O2. The molecule has 7 heteroatoms. The van der Waals surface area contributed by atoms with E-state index in [0.29, 0.717) is 36.5 Å². The number of aryl methyl sites for hydroxylation is 1. The molecule has 7 nitrogen and oxygen atoms in total. The van der Waals surface area contributed by atoms with E-state index in [1.807, 2.05) is 38.7 Å². The first kappa shape index (κ1) is 16.4. The fourth-order valence-electron chi connectivity index (χ4n) is 2.97. The number of rotatable bonds is 4. The normalized spacial score (nSPS) is 14.0. The Bertz CT molecular complexity index is 753. The summed E-state index contributed by atoms with van der Waals surface area (Å²) in [5.74, 6) is 1.50. The number of fused-ring (bicyclic) bond motifs is 1. The predicted octanol–water partition coefficient (Wildman–Crippen LogP) is 2.53. The van der Waals surface area contributed by atoms with E-state index in [4.69, 9.17) is 4.52 Å². The Morgan fingerprint density at radius 1 is 1.42 bits per heavy atom. The molecule has 24 heavy (non-hydrogen) atoms. The van der Waals surface area contributed by atoms with Gasteiger partial charge in [-0.15, -0.1) is 5.10 Å². The minimum Gasteiger partial charge on any atom is -0.369 e. The molecule has 0 bridgehead atoms. The molecule has 0 unspecified atom stereocenters. The van der Waals surface area contributed by atoms with Gasteiger partial charge in [-0.25, -0.2) is 0 Å². The van der Waals surface area contributed by atoms with Gasteiger partial charge < -0.3 is 14.7 Å². The third-order valence-electron chi connectivity index (χ3n) is 4.21. The summed E-state index contributed by atoms with van der Waals surface area (Å²) in [6, 6.07) is 1.98. The molecule has 3 heterocycles. The van der Waals surface area contributed by atoms with Crippen molar-refractivity contribution in [1.82, 2.24) is 20.3 Å². The molecule has 2 aromatic rings. The van der Waals surface area contributed by atoms with Gasteiger partial charge in [0, 0.05) is 32.0 Å². The molecule has 0 aromatic carbocycles. The van der Waals surface area contributed by atoms with Crippen LogP contribution >= 0.6 is 0 Å². The van der Waals surface area contributed by atoms with Crippen LogP contribution in [0.1, 0.15) is 59.8 Å². The molecule has 128 valence electrons. The quantitative estimate of drug-likeness (QED) is 0.928. The van der Waals surface area contributed by atoms with Crippen LogP contribution in [0.25, 0.3) is 0 Å². The van der Waals surface area contributed by atoms with Crippen LogP contribution in [0, 0.1) is 6.92 Å². The summed E-state index contributed by atoms with van der Waals surface area (Å²) in [5, 5.41) is 15.6. The molecule has 0 saturated carbocycles. The first-order valence-electron chi connectivity index (χ1n) is 8.36. The van der Waals surface area contributed by atoms with E-state index < -0.39 is 0 Å². The Hall–Kier alpha value is -2.44. The van der Waals surface area contributed by atoms with Gasteiger partial charge in [-0.2, -0.15) is 5.10 Å². The van der Waals surface area contributed by atoms with Crippen LogP contribution in [0.15, 0.2) is 10.6 Å². The Balaban J connectivity index is 1.86. The number of hydrogen-bond donors (Lipinski definition) is 1. The maximum atomic E-state index is 13.0. The summed E-state index contributed by atoms with van der Waals surface area (Å²) in [4.78, 5) is 14.8. The van der Waals surface area contributed by atoms with Gasteiger partial charge in [0.25, 0.3) is 5.91 Å². The average molecular weight is 329 g/mol. The molecule has 1 N–H and O–H groups in total. The molecule has 1 amide bonds. The monoisotopic (exact) mass is 329 g/mol. The van der Waals surface area contributed by atoms with Gasteiger partial charge in [-0.05, 0) is 25.5 Å². The number of nitrogens with one attached hydrogen (secondary N) is 1. The molecule has 0 spiro atoms. The number of aromatic nitrogens is 3. The van der Waals surface area contributed by atoms with Crippen LogP contribution in [-0.2, 0) is 13.0 Å². The van der Waals surface area contributed by atoms with Crippen molar-refractivity contribution in [3.8, 4) is 0 Å². The highest BCUT2D eigenvalue weighted by Crippen LogP contribution is 2.26. The molecule has 0 radical (unpaired) electrons. The Morgan fingerprint density at radius 3 is 2.92 bits per heavy atom. The molecule has 0 aliphatic carbocycles. The Kier molecular flexibility index (Phi) is 4.51. The van der Waals surface area contributed by atoms with E-state index in [-0.39, 0.29) is 11.8 Å². The summed E-state index contributed by atoms with van der Waals surface area (Å²) in [7, 11) is 0. The maximum absolute atomic E-state index is 13.0. The molecular weight excluding hydrogens is 306 g/mol. The summed E-state index contributed by atoms with van der Waals surface area (Å²) in [6.07, 6.45) is 0.710. The lowest BCUT2D eigenvalue weighted by molar-refractivity contribution is 0.0729. The topological polar surface area (TPSA) is 84.2 Å². The van der Waals surface area contributed by atoms with Crippen LogP contribution < -0.4 is 5.32 Å². The third-order valence-corrected chi connectivity index (χ3v) is 4.21. The zero-order valence-corrected chi connectivity index (χ0v) is 14.6. The van der Waals surface area contributed by atoms with Crippen molar-refractivity contribution in [2.45, 2.75) is 46.6 Å². The molecule has 0 fully saturated rings. The summed E-state index contributed by atoms with van der Waals surface area (Å²) < 4.78 is 5.36. The minimum absolute atomic E-state index is 0.0232. The second-order valence-electron chi connectivity index (χ2n) is 6.37. The van der Waals surface area contributed by atoms with Crippen molar-refractivity contribution in [1.29, 1.82) is 0 Å². The highest BCUT2D eigenvalue weighted by molar-refractivity contribution is 5.96. The fourth-order valence-corrected chi connectivity index (χ4v) is 2.97. The standard InChI is InChI=1S/C17H23N5O2/c1-5-18-14-8-12-9-22(7-6-13(12)19-20-14)17(23)15-11(4)21-24-16(15)10(2)3/h8,10H,5-7,9H2,1-4H3,(H,18,20). The van der Waals surface area contributed by atoms with Crippen LogP contribution in [0.2, 0.25) is 0 Å². The van der Waals surface area contributed by atoms with E-state index in [1.54, 1.807) is 0 Å². The summed E-state index contributed by atoms with van der Waals surface area (Å²) >= 11 is 0. The smallest absolute Gasteiger partial charge is 0.259 e. The third kappa shape index (κ3) is 2.98. The van der Waals surface area contributed by atoms with Gasteiger partial charge in [0.2, 0.25) is 0 Å². The zero-order valence-electron chi connectivity index (χ0n) is 14.6. The van der Waals surface area contributed by atoms with Gasteiger partial charge in [-0.1, -0.05) is 19.0 Å². The second kappa shape index (κ2) is 6.59. The summed E-state index contributed by atoms with van der Waals surface area (Å²) in [6.45, 7) is 9.77. The van der Waals surface area contributed by atoms with Crippen molar-refractivity contribution < 1.29 is 9.32 Å². The lowest BCUT2D eigenvalue weighted by atomic mass is 10.0. The van der Waals surface area contributed by atoms with E-state index in [2.05, 4.69) is 20.7 Å². The van der Waals surface area contributed by atoms with Crippen LogP contribution in [0.3, 0.4) is 0 Å². The molecule has 1 aliphatic heterocycles. The highest BCUT2D eigenvalue weighted by Gasteiger charge is 2.29. The first-order chi connectivity index (χ1) is 11.5. The zero-order chi connectivity index (χ0) is 17.3. The van der Waals surface area contributed by atoms with Crippen molar-refractivity contribution >= 4 is 11.7 Å². The van der Waals surface area contributed by atoms with Crippen molar-refractivity contribution in [2.75, 3.05) is 18.4 Å². The lowest BCUT2D eigenvalue weighted by Crippen LogP contribution is -2.37. The molecule has 0 atom stereocenters. The predicted molar refractivity (Wildman–Crippen MR) is 90.0 cm³/mol. The summed E-state index contributed by atoms with van der Waals surface area (Å²) in [5.41, 5.74) is 3.26. The van der Waals surface area contributed by atoms with E-state index in [1.165, 1.54) is 0 Å². The molecule has 1 aliphatic rings. The fraction of sp³-hybridized carbons (Fsp3) is 0.529. The number of hydrogen-bond acceptors (Lipinski definition) is 6. The van der Waals surface area contributed by atoms with E-state index >= 15 is 0 Å². The molecule has 0 saturated heterocycles. The number of amides is 1. The second-order valence-corrected chi connectivity index (χ2v) is 6.37. The van der Waals surface area contributed by atoms with Crippen molar-refractivity contribution in [3.05, 3.63) is 34.3 Å². The Morgan fingerprint density at radius 2 is 2.21 bits per heavy atom. The largest absolute Gasteiger partial charge is 0.369 e. The van der Waals surface area contributed by atoms with Crippen LogP contribution in [0.4, 0.5) is 5.82 Å². The molecule has 2 aromatic heterocycles. The average Bonchev–Trinajstić information content (AvgIpc) is 2.95. The van der Waals surface area contributed by atoms with Crippen LogP contribution in [0.5, 0.6) is 0 Å². The van der Waals surface area contributed by atoms with Gasteiger partial charge in [0.05, 0.1) is 11.4 Å². The van der Waals surface area contributed by atoms with E-state index in [0.717, 1.165) is 23.6 Å². The van der Waals surface area contributed by atoms with E-state index in [9.17, 15) is 4.79 Å². The van der Waals surface area contributed by atoms with Crippen molar-refractivity contribution in [2.24, 2.45) is 0 Å². The minimum atomic E-state index is -0.0232. The lowest BCUT2D eigenvalue weighted by Gasteiger charge is -2.28. The molecule has 3 rings (SSSR count). The van der Waals surface area contributed by atoms with Gasteiger partial charge in [0.15, 0.2) is 5.76 Å². The SMILES string of the molecule is CCNc1cc2c(nn1)CCN(C(=O)c1c(C)noc1C(C)C)C2. The number of carbonyl (C=O) groups excluding carboxylic acids is 1. The van der Waals surface area contributed by atoms with Crippen molar-refractivity contribution in [3.63, 3.8) is 0 Å². The Labute approximate surface area is 141 Å². The maximum Gasteiger partial charge on any atom is 0.259 e. The van der Waals surface area contributed by atoms with Crippen LogP contribution in [-0.4, -0.2) is 39.3 Å². The highest BCUT2D eigenvalue weighted by atomic mass is 16.5. The van der Waals surface area contributed by atoms with Gasteiger partial charge in [0.1, 0.15) is 11.4 Å². The number of carbonyl (C=O) groups is 1. The number of anilines is 1. The number of nitrogens with zero attached hydrogens (tertiary/aromatic N) is 4.